The minimum absolute atomic E-state index is 0.385. The quantitative estimate of drug-likeness (QED) is 0.638. The van der Waals surface area contributed by atoms with E-state index in [9.17, 15) is 4.79 Å². The van der Waals surface area contributed by atoms with Crippen molar-refractivity contribution in [3.8, 4) is 0 Å². The summed E-state index contributed by atoms with van der Waals surface area (Å²) in [4.78, 5) is 10.2. The molecule has 0 spiro atoms. The molecule has 1 fully saturated rings. The summed E-state index contributed by atoms with van der Waals surface area (Å²) in [6.45, 7) is 4.37. The Kier molecular flexibility index (Phi) is 4.62. The summed E-state index contributed by atoms with van der Waals surface area (Å²) in [6.07, 6.45) is 3.87. The van der Waals surface area contributed by atoms with Gasteiger partial charge in [0.15, 0.2) is 0 Å². The van der Waals surface area contributed by atoms with Crippen LogP contribution in [0.25, 0.3) is 0 Å². The highest BCUT2D eigenvalue weighted by Crippen LogP contribution is 2.15. The largest absolute Gasteiger partial charge is 0.478 e. The lowest BCUT2D eigenvalue weighted by molar-refractivity contribution is -0.131. The van der Waals surface area contributed by atoms with Crippen LogP contribution in [-0.2, 0) is 9.53 Å². The third kappa shape index (κ3) is 3.89. The first-order valence-corrected chi connectivity index (χ1v) is 4.90. The number of hydrogen-bond donors (Lipinski definition) is 2. The second-order valence-corrected chi connectivity index (χ2v) is 3.56. The molecule has 80 valence electrons. The maximum absolute atomic E-state index is 10.2. The Balaban J connectivity index is 2.14. The summed E-state index contributed by atoms with van der Waals surface area (Å²) in [5.74, 6) is -0.336. The Morgan fingerprint density at radius 3 is 3.14 bits per heavy atom. The van der Waals surface area contributed by atoms with Crippen molar-refractivity contribution >= 4 is 5.97 Å². The molecule has 0 aromatic carbocycles. The van der Waals surface area contributed by atoms with Gasteiger partial charge in [0.1, 0.15) is 0 Å². The smallest absolute Gasteiger partial charge is 0.328 e. The van der Waals surface area contributed by atoms with Crippen LogP contribution in [-0.4, -0.2) is 36.9 Å². The zero-order valence-corrected chi connectivity index (χ0v) is 8.40. The van der Waals surface area contributed by atoms with Gasteiger partial charge in [-0.3, -0.25) is 0 Å². The Hall–Kier alpha value is -0.870. The fourth-order valence-electron chi connectivity index (χ4n) is 1.53. The number of rotatable bonds is 5. The van der Waals surface area contributed by atoms with E-state index in [0.29, 0.717) is 18.5 Å². The molecule has 4 nitrogen and oxygen atoms in total. The van der Waals surface area contributed by atoms with E-state index in [-0.39, 0.29) is 0 Å². The number of aliphatic carboxylic acids is 1. The average molecular weight is 199 g/mol. The highest BCUT2D eigenvalue weighted by Gasteiger charge is 2.21. The van der Waals surface area contributed by atoms with Crippen LogP contribution >= 0.6 is 0 Å². The van der Waals surface area contributed by atoms with E-state index in [2.05, 4.69) is 12.2 Å². The van der Waals surface area contributed by atoms with Crippen molar-refractivity contribution in [3.05, 3.63) is 12.2 Å². The van der Waals surface area contributed by atoms with Gasteiger partial charge < -0.3 is 15.2 Å². The van der Waals surface area contributed by atoms with Crippen LogP contribution < -0.4 is 5.32 Å². The van der Waals surface area contributed by atoms with E-state index in [0.717, 1.165) is 25.7 Å². The molecule has 1 rings (SSSR count). The van der Waals surface area contributed by atoms with E-state index < -0.39 is 5.97 Å². The normalized spacial score (nSPS) is 24.2. The predicted octanol–water partition coefficient (Wildman–Crippen LogP) is 0.642. The van der Waals surface area contributed by atoms with E-state index >= 15 is 0 Å². The van der Waals surface area contributed by atoms with Gasteiger partial charge in [-0.2, -0.15) is 0 Å². The van der Waals surface area contributed by atoms with Gasteiger partial charge >= 0.3 is 5.97 Å². The van der Waals surface area contributed by atoms with Crippen molar-refractivity contribution in [1.82, 2.24) is 5.32 Å². The van der Waals surface area contributed by atoms with Crippen LogP contribution in [0.15, 0.2) is 12.2 Å². The fourth-order valence-corrected chi connectivity index (χ4v) is 1.53. The zero-order chi connectivity index (χ0) is 10.4. The van der Waals surface area contributed by atoms with Gasteiger partial charge in [-0.1, -0.05) is 6.08 Å². The minimum atomic E-state index is -0.899. The van der Waals surface area contributed by atoms with Gasteiger partial charge in [-0.05, 0) is 19.3 Å². The third-order valence-electron chi connectivity index (χ3n) is 2.49. The SMILES string of the molecule is CC(NC/C=C/C(=O)O)C1CCOC1. The number of nitrogens with one attached hydrogen (secondary N) is 1. The van der Waals surface area contributed by atoms with Crippen molar-refractivity contribution in [1.29, 1.82) is 0 Å². The molecule has 0 amide bonds. The molecule has 0 radical (unpaired) electrons. The van der Waals surface area contributed by atoms with Gasteiger partial charge in [0.2, 0.25) is 0 Å². The number of carbonyl (C=O) groups is 1. The van der Waals surface area contributed by atoms with Crippen LogP contribution in [0.3, 0.4) is 0 Å². The van der Waals surface area contributed by atoms with Crippen LogP contribution in [0.4, 0.5) is 0 Å². The summed E-state index contributed by atoms with van der Waals surface area (Å²) < 4.78 is 5.27. The lowest BCUT2D eigenvalue weighted by Crippen LogP contribution is -2.33. The van der Waals surface area contributed by atoms with Crippen molar-refractivity contribution in [3.63, 3.8) is 0 Å². The predicted molar refractivity (Wildman–Crippen MR) is 53.2 cm³/mol. The molecule has 1 aliphatic rings. The van der Waals surface area contributed by atoms with E-state index in [1.165, 1.54) is 0 Å². The van der Waals surface area contributed by atoms with Crippen molar-refractivity contribution in [2.75, 3.05) is 19.8 Å². The minimum Gasteiger partial charge on any atom is -0.478 e. The first-order chi connectivity index (χ1) is 6.70. The molecule has 2 N–H and O–H groups in total. The Bertz CT molecular complexity index is 209. The zero-order valence-electron chi connectivity index (χ0n) is 8.40. The highest BCUT2D eigenvalue weighted by atomic mass is 16.5. The number of ether oxygens (including phenoxy) is 1. The first-order valence-electron chi connectivity index (χ1n) is 4.90. The molecule has 1 heterocycles. The molecule has 14 heavy (non-hydrogen) atoms. The second-order valence-electron chi connectivity index (χ2n) is 3.56. The second kappa shape index (κ2) is 5.78. The molecule has 0 bridgehead atoms. The van der Waals surface area contributed by atoms with Gasteiger partial charge in [-0.25, -0.2) is 4.79 Å². The maximum Gasteiger partial charge on any atom is 0.328 e. The van der Waals surface area contributed by atoms with Crippen molar-refractivity contribution in [2.24, 2.45) is 5.92 Å². The number of carboxylic acids is 1. The molecule has 0 aliphatic carbocycles. The molecule has 0 aromatic rings. The lowest BCUT2D eigenvalue weighted by atomic mass is 10.0. The molecule has 1 aliphatic heterocycles. The Morgan fingerprint density at radius 2 is 2.57 bits per heavy atom. The molecule has 1 saturated heterocycles. The van der Waals surface area contributed by atoms with Crippen molar-refractivity contribution in [2.45, 2.75) is 19.4 Å². The fraction of sp³-hybridized carbons (Fsp3) is 0.700. The van der Waals surface area contributed by atoms with Crippen LogP contribution in [0, 0.1) is 5.92 Å². The standard InChI is InChI=1S/C10H17NO3/c1-8(9-4-6-14-7-9)11-5-2-3-10(12)13/h2-3,8-9,11H,4-7H2,1H3,(H,12,13)/b3-2+. The van der Waals surface area contributed by atoms with Crippen LogP contribution in [0.2, 0.25) is 0 Å². The highest BCUT2D eigenvalue weighted by molar-refractivity contribution is 5.79. The van der Waals surface area contributed by atoms with Gasteiger partial charge in [0.25, 0.3) is 0 Å². The number of carboxylic acid groups (broad SMARTS) is 1. The van der Waals surface area contributed by atoms with E-state index in [4.69, 9.17) is 9.84 Å². The molecule has 2 atom stereocenters. The Morgan fingerprint density at radius 1 is 1.79 bits per heavy atom. The Labute approximate surface area is 83.9 Å². The average Bonchev–Trinajstić information content (AvgIpc) is 2.64. The van der Waals surface area contributed by atoms with Crippen LogP contribution in [0.5, 0.6) is 0 Å². The molecule has 4 heteroatoms. The van der Waals surface area contributed by atoms with Crippen molar-refractivity contribution < 1.29 is 14.6 Å². The third-order valence-corrected chi connectivity index (χ3v) is 2.49. The van der Waals surface area contributed by atoms with Gasteiger partial charge in [-0.15, -0.1) is 0 Å². The lowest BCUT2D eigenvalue weighted by Gasteiger charge is -2.17. The summed E-state index contributed by atoms with van der Waals surface area (Å²) in [5, 5.41) is 11.6. The van der Waals surface area contributed by atoms with Gasteiger partial charge in [0, 0.05) is 25.3 Å². The maximum atomic E-state index is 10.2. The number of hydrogen-bond acceptors (Lipinski definition) is 3. The van der Waals surface area contributed by atoms with E-state index in [1.807, 2.05) is 0 Å². The molecule has 2 unspecified atom stereocenters. The molecular weight excluding hydrogens is 182 g/mol. The summed E-state index contributed by atoms with van der Waals surface area (Å²) in [5.41, 5.74) is 0. The molecule has 0 aromatic heterocycles. The van der Waals surface area contributed by atoms with E-state index in [1.54, 1.807) is 6.08 Å². The summed E-state index contributed by atoms with van der Waals surface area (Å²) >= 11 is 0. The van der Waals surface area contributed by atoms with Gasteiger partial charge in [0.05, 0.1) is 6.61 Å². The monoisotopic (exact) mass is 199 g/mol. The summed E-state index contributed by atoms with van der Waals surface area (Å²) in [6, 6.07) is 0.385. The molecular formula is C10H17NO3. The topological polar surface area (TPSA) is 58.6 Å². The van der Waals surface area contributed by atoms with Crippen LogP contribution in [0.1, 0.15) is 13.3 Å². The summed E-state index contributed by atoms with van der Waals surface area (Å²) in [7, 11) is 0. The molecule has 0 saturated carbocycles. The first kappa shape index (κ1) is 11.2.